The maximum Gasteiger partial charge on any atom is 0.324 e. The van der Waals surface area contributed by atoms with Crippen LogP contribution in [0.5, 0.6) is 0 Å². The Labute approximate surface area is 163 Å². The van der Waals surface area contributed by atoms with Gasteiger partial charge >= 0.3 is 6.03 Å². The first kappa shape index (κ1) is 19.6. The Morgan fingerprint density at radius 2 is 1.79 bits per heavy atom. The number of ether oxygens (including phenoxy) is 1. The van der Waals surface area contributed by atoms with Crippen molar-refractivity contribution in [3.8, 4) is 0 Å². The molecule has 1 fully saturated rings. The predicted molar refractivity (Wildman–Crippen MR) is 103 cm³/mol. The highest BCUT2D eigenvalue weighted by atomic mass is 16.5. The van der Waals surface area contributed by atoms with Gasteiger partial charge < -0.3 is 15.4 Å². The van der Waals surface area contributed by atoms with E-state index >= 15 is 0 Å². The van der Waals surface area contributed by atoms with Gasteiger partial charge in [-0.15, -0.1) is 0 Å². The lowest BCUT2D eigenvalue weighted by Gasteiger charge is -2.12. The maximum absolute atomic E-state index is 12.2. The molecule has 4 amide bonds. The molecule has 2 aromatic rings. The van der Waals surface area contributed by atoms with Crippen molar-refractivity contribution < 1.29 is 19.1 Å². The largest absolute Gasteiger partial charge is 0.377 e. The van der Waals surface area contributed by atoms with Crippen LogP contribution in [0.15, 0.2) is 54.6 Å². The van der Waals surface area contributed by atoms with Crippen molar-refractivity contribution in [2.24, 2.45) is 0 Å². The van der Waals surface area contributed by atoms with Gasteiger partial charge in [0.25, 0.3) is 5.91 Å². The highest BCUT2D eigenvalue weighted by Gasteiger charge is 2.28. The van der Waals surface area contributed by atoms with Crippen molar-refractivity contribution in [2.75, 3.05) is 19.7 Å². The molecule has 0 aromatic heterocycles. The number of urea groups is 1. The van der Waals surface area contributed by atoms with Crippen LogP contribution in [0.1, 0.15) is 27.9 Å². The first-order valence-electron chi connectivity index (χ1n) is 9.20. The molecule has 0 unspecified atom stereocenters. The zero-order chi connectivity index (χ0) is 19.8. The Hall–Kier alpha value is -3.19. The molecule has 1 saturated heterocycles. The SMILES string of the molecule is O=C(NCCCOCc1ccccc1)c1ccc(CN2C(=O)CNC2=O)cc1. The zero-order valence-corrected chi connectivity index (χ0v) is 15.5. The molecule has 28 heavy (non-hydrogen) atoms. The van der Waals surface area contributed by atoms with Crippen molar-refractivity contribution >= 4 is 17.8 Å². The molecule has 7 heteroatoms. The summed E-state index contributed by atoms with van der Waals surface area (Å²) in [4.78, 5) is 36.5. The molecule has 0 spiro atoms. The lowest BCUT2D eigenvalue weighted by molar-refractivity contribution is -0.125. The highest BCUT2D eigenvalue weighted by Crippen LogP contribution is 2.10. The van der Waals surface area contributed by atoms with E-state index in [1.165, 1.54) is 0 Å². The average molecular weight is 381 g/mol. The number of rotatable bonds is 9. The number of imide groups is 1. The highest BCUT2D eigenvalue weighted by molar-refractivity contribution is 6.01. The summed E-state index contributed by atoms with van der Waals surface area (Å²) in [6.07, 6.45) is 0.725. The summed E-state index contributed by atoms with van der Waals surface area (Å²) in [5, 5.41) is 5.34. The van der Waals surface area contributed by atoms with Gasteiger partial charge in [-0.2, -0.15) is 0 Å². The van der Waals surface area contributed by atoms with Crippen LogP contribution in [0.3, 0.4) is 0 Å². The van der Waals surface area contributed by atoms with E-state index in [1.54, 1.807) is 24.3 Å². The van der Waals surface area contributed by atoms with Crippen LogP contribution >= 0.6 is 0 Å². The number of amides is 4. The van der Waals surface area contributed by atoms with Gasteiger partial charge in [0.2, 0.25) is 5.91 Å². The van der Waals surface area contributed by atoms with E-state index in [9.17, 15) is 14.4 Å². The third-order valence-electron chi connectivity index (χ3n) is 4.36. The summed E-state index contributed by atoms with van der Waals surface area (Å²) in [5.74, 6) is -0.411. The van der Waals surface area contributed by atoms with Gasteiger partial charge in [0.05, 0.1) is 19.7 Å². The van der Waals surface area contributed by atoms with Crippen LogP contribution in [0.2, 0.25) is 0 Å². The monoisotopic (exact) mass is 381 g/mol. The molecule has 0 saturated carbocycles. The maximum atomic E-state index is 12.2. The Morgan fingerprint density at radius 3 is 2.46 bits per heavy atom. The van der Waals surface area contributed by atoms with Gasteiger partial charge in [-0.25, -0.2) is 4.79 Å². The smallest absolute Gasteiger partial charge is 0.324 e. The van der Waals surface area contributed by atoms with Gasteiger partial charge in [0.15, 0.2) is 0 Å². The fourth-order valence-corrected chi connectivity index (χ4v) is 2.80. The minimum atomic E-state index is -0.388. The summed E-state index contributed by atoms with van der Waals surface area (Å²) < 4.78 is 5.59. The summed E-state index contributed by atoms with van der Waals surface area (Å²) in [6, 6.07) is 16.4. The number of carbonyl (C=O) groups excluding carboxylic acids is 3. The normalized spacial score (nSPS) is 13.5. The van der Waals surface area contributed by atoms with Crippen LogP contribution in [0, 0.1) is 0 Å². The number of carbonyl (C=O) groups is 3. The number of hydrogen-bond donors (Lipinski definition) is 2. The summed E-state index contributed by atoms with van der Waals surface area (Å²) >= 11 is 0. The second-order valence-electron chi connectivity index (χ2n) is 6.48. The lowest BCUT2D eigenvalue weighted by Crippen LogP contribution is -2.30. The number of nitrogens with zero attached hydrogens (tertiary/aromatic N) is 1. The molecule has 7 nitrogen and oxygen atoms in total. The third-order valence-corrected chi connectivity index (χ3v) is 4.36. The molecular formula is C21H23N3O4. The average Bonchev–Trinajstić information content (AvgIpc) is 3.04. The van der Waals surface area contributed by atoms with Crippen LogP contribution in [0.4, 0.5) is 4.79 Å². The van der Waals surface area contributed by atoms with Gasteiger partial charge in [-0.3, -0.25) is 14.5 Å². The van der Waals surface area contributed by atoms with Crippen LogP contribution in [-0.4, -0.2) is 42.4 Å². The van der Waals surface area contributed by atoms with E-state index in [-0.39, 0.29) is 30.9 Å². The van der Waals surface area contributed by atoms with Gasteiger partial charge in [0.1, 0.15) is 0 Å². The minimum Gasteiger partial charge on any atom is -0.377 e. The Kier molecular flexibility index (Phi) is 6.75. The van der Waals surface area contributed by atoms with Crippen molar-refractivity contribution in [1.29, 1.82) is 0 Å². The molecule has 3 rings (SSSR count). The second-order valence-corrected chi connectivity index (χ2v) is 6.48. The van der Waals surface area contributed by atoms with Gasteiger partial charge in [-0.05, 0) is 29.7 Å². The zero-order valence-electron chi connectivity index (χ0n) is 15.5. The topological polar surface area (TPSA) is 87.7 Å². The van der Waals surface area contributed by atoms with E-state index < -0.39 is 0 Å². The Bertz CT molecular complexity index is 805. The third kappa shape index (κ3) is 5.40. The molecule has 0 aliphatic carbocycles. The van der Waals surface area contributed by atoms with E-state index in [0.29, 0.717) is 25.3 Å². The molecule has 0 bridgehead atoms. The van der Waals surface area contributed by atoms with Gasteiger partial charge in [0, 0.05) is 18.7 Å². The molecule has 2 aromatic carbocycles. The van der Waals surface area contributed by atoms with E-state index in [0.717, 1.165) is 22.4 Å². The predicted octanol–water partition coefficient (Wildman–Crippen LogP) is 2.08. The van der Waals surface area contributed by atoms with Crippen molar-refractivity contribution in [2.45, 2.75) is 19.6 Å². The standard InChI is InChI=1S/C21H23N3O4/c25-19-13-23-21(27)24(19)14-16-7-9-18(10-8-16)20(26)22-11-4-12-28-15-17-5-2-1-3-6-17/h1-3,5-10H,4,11-15H2,(H,22,26)(H,23,27). The summed E-state index contributed by atoms with van der Waals surface area (Å²) in [6.45, 7) is 1.89. The van der Waals surface area contributed by atoms with Crippen molar-refractivity contribution in [3.63, 3.8) is 0 Å². The summed E-state index contributed by atoms with van der Waals surface area (Å²) in [5.41, 5.74) is 2.45. The number of nitrogens with one attached hydrogen (secondary N) is 2. The minimum absolute atomic E-state index is 0.0361. The molecule has 0 radical (unpaired) electrons. The fourth-order valence-electron chi connectivity index (χ4n) is 2.80. The Balaban J connectivity index is 1.36. The fraction of sp³-hybridized carbons (Fsp3) is 0.286. The summed E-state index contributed by atoms with van der Waals surface area (Å²) in [7, 11) is 0. The van der Waals surface area contributed by atoms with Crippen molar-refractivity contribution in [3.05, 3.63) is 71.3 Å². The molecular weight excluding hydrogens is 358 g/mol. The van der Waals surface area contributed by atoms with Crippen LogP contribution < -0.4 is 10.6 Å². The van der Waals surface area contributed by atoms with E-state index in [1.807, 2.05) is 30.3 Å². The molecule has 1 heterocycles. The quantitative estimate of drug-likeness (QED) is 0.514. The van der Waals surface area contributed by atoms with Crippen LogP contribution in [0.25, 0.3) is 0 Å². The van der Waals surface area contributed by atoms with Crippen LogP contribution in [-0.2, 0) is 22.7 Å². The first-order chi connectivity index (χ1) is 13.6. The van der Waals surface area contributed by atoms with E-state index in [4.69, 9.17) is 4.74 Å². The van der Waals surface area contributed by atoms with Gasteiger partial charge in [-0.1, -0.05) is 42.5 Å². The second kappa shape index (κ2) is 9.66. The molecule has 2 N–H and O–H groups in total. The van der Waals surface area contributed by atoms with Crippen molar-refractivity contribution in [1.82, 2.24) is 15.5 Å². The molecule has 146 valence electrons. The number of hydrogen-bond acceptors (Lipinski definition) is 4. The lowest BCUT2D eigenvalue weighted by atomic mass is 10.1. The molecule has 1 aliphatic heterocycles. The Morgan fingerprint density at radius 1 is 1.04 bits per heavy atom. The molecule has 0 atom stereocenters. The number of benzene rings is 2. The first-order valence-corrected chi connectivity index (χ1v) is 9.20. The van der Waals surface area contributed by atoms with E-state index in [2.05, 4.69) is 10.6 Å². The molecule has 1 aliphatic rings.